The van der Waals surface area contributed by atoms with Gasteiger partial charge in [0.25, 0.3) is 0 Å². The zero-order valence-electron chi connectivity index (χ0n) is 12.0. The Kier molecular flexibility index (Phi) is 3.21. The smallest absolute Gasteiger partial charge is 0.0766 e. The summed E-state index contributed by atoms with van der Waals surface area (Å²) in [6, 6.07) is 2.57. The van der Waals surface area contributed by atoms with Gasteiger partial charge in [-0.2, -0.15) is 0 Å². The number of rotatable bonds is 4. The molecule has 1 aromatic heterocycles. The Labute approximate surface area is 115 Å². The molecule has 0 spiro atoms. The van der Waals surface area contributed by atoms with Crippen LogP contribution in [0.3, 0.4) is 0 Å². The summed E-state index contributed by atoms with van der Waals surface area (Å²) in [7, 11) is 4.15. The number of aromatic nitrogens is 1. The van der Waals surface area contributed by atoms with E-state index in [0.29, 0.717) is 6.04 Å². The van der Waals surface area contributed by atoms with E-state index in [1.54, 1.807) is 0 Å². The largest absolute Gasteiger partial charge is 0.379 e. The fourth-order valence-corrected chi connectivity index (χ4v) is 3.64. The number of hydrogen-bond donors (Lipinski definition) is 1. The first-order valence-electron chi connectivity index (χ1n) is 7.21. The first kappa shape index (κ1) is 12.5. The predicted octanol–water partition coefficient (Wildman–Crippen LogP) is 3.16. The summed E-state index contributed by atoms with van der Waals surface area (Å²) in [6.45, 7) is 2.31. The topological polar surface area (TPSA) is 28.2 Å². The number of allylic oxidation sites excluding steroid dienone is 2. The van der Waals surface area contributed by atoms with Crippen molar-refractivity contribution in [3.63, 3.8) is 0 Å². The molecule has 2 bridgehead atoms. The van der Waals surface area contributed by atoms with E-state index in [0.717, 1.165) is 23.4 Å². The minimum absolute atomic E-state index is 0.503. The number of hydrogen-bond acceptors (Lipinski definition) is 3. The van der Waals surface area contributed by atoms with Crippen molar-refractivity contribution in [3.8, 4) is 0 Å². The summed E-state index contributed by atoms with van der Waals surface area (Å²) in [5.41, 5.74) is 2.35. The summed E-state index contributed by atoms with van der Waals surface area (Å²) in [4.78, 5) is 6.39. The first-order valence-corrected chi connectivity index (χ1v) is 7.21. The van der Waals surface area contributed by atoms with Gasteiger partial charge in [0.1, 0.15) is 0 Å². The second-order valence-electron chi connectivity index (χ2n) is 6.16. The Morgan fingerprint density at radius 2 is 2.16 bits per heavy atom. The maximum atomic E-state index is 4.25. The molecular weight excluding hydrogens is 234 g/mol. The van der Waals surface area contributed by atoms with Gasteiger partial charge in [0, 0.05) is 26.3 Å². The van der Waals surface area contributed by atoms with E-state index in [9.17, 15) is 0 Å². The Morgan fingerprint density at radius 3 is 2.79 bits per heavy atom. The highest BCUT2D eigenvalue weighted by atomic mass is 15.1. The van der Waals surface area contributed by atoms with Gasteiger partial charge < -0.3 is 10.2 Å². The molecule has 2 aliphatic rings. The van der Waals surface area contributed by atoms with E-state index in [1.807, 2.05) is 12.4 Å². The van der Waals surface area contributed by atoms with E-state index < -0.39 is 0 Å². The quantitative estimate of drug-likeness (QED) is 0.840. The number of anilines is 2. The SMILES string of the molecule is CC(Nc1cnccc1N(C)C)C1CC2C=CC1C2. The third-order valence-corrected chi connectivity index (χ3v) is 4.64. The lowest BCUT2D eigenvalue weighted by atomic mass is 9.87. The summed E-state index contributed by atoms with van der Waals surface area (Å²) >= 11 is 0. The highest BCUT2D eigenvalue weighted by molar-refractivity contribution is 5.68. The van der Waals surface area contributed by atoms with Crippen molar-refractivity contribution < 1.29 is 0 Å². The lowest BCUT2D eigenvalue weighted by molar-refractivity contribution is 0.400. The van der Waals surface area contributed by atoms with Crippen LogP contribution in [0.15, 0.2) is 30.6 Å². The molecule has 4 atom stereocenters. The molecular formula is C16H23N3. The fourth-order valence-electron chi connectivity index (χ4n) is 3.64. The summed E-state index contributed by atoms with van der Waals surface area (Å²) in [5, 5.41) is 3.68. The lowest BCUT2D eigenvalue weighted by Crippen LogP contribution is -2.29. The van der Waals surface area contributed by atoms with Gasteiger partial charge in [-0.25, -0.2) is 0 Å². The molecule has 0 aromatic carbocycles. The molecule has 2 aliphatic carbocycles. The average Bonchev–Trinajstić information content (AvgIpc) is 3.01. The van der Waals surface area contributed by atoms with E-state index in [2.05, 4.69) is 54.4 Å². The van der Waals surface area contributed by atoms with Crippen molar-refractivity contribution in [2.24, 2.45) is 17.8 Å². The molecule has 0 saturated heterocycles. The van der Waals surface area contributed by atoms with Crippen molar-refractivity contribution in [1.29, 1.82) is 0 Å². The van der Waals surface area contributed by atoms with Gasteiger partial charge in [-0.3, -0.25) is 4.98 Å². The molecule has 1 heterocycles. The zero-order valence-corrected chi connectivity index (χ0v) is 12.0. The molecule has 1 fully saturated rings. The molecule has 0 radical (unpaired) electrons. The third-order valence-electron chi connectivity index (χ3n) is 4.64. The molecule has 1 aromatic rings. The number of fused-ring (bicyclic) bond motifs is 2. The molecule has 3 nitrogen and oxygen atoms in total. The van der Waals surface area contributed by atoms with Crippen LogP contribution in [0.1, 0.15) is 19.8 Å². The summed E-state index contributed by atoms with van der Waals surface area (Å²) in [5.74, 6) is 2.39. The summed E-state index contributed by atoms with van der Waals surface area (Å²) in [6.07, 6.45) is 11.3. The van der Waals surface area contributed by atoms with E-state index in [1.165, 1.54) is 18.5 Å². The Balaban J connectivity index is 1.73. The van der Waals surface area contributed by atoms with Gasteiger partial charge in [-0.15, -0.1) is 0 Å². The first-order chi connectivity index (χ1) is 9.15. The van der Waals surface area contributed by atoms with Crippen LogP contribution in [-0.4, -0.2) is 25.1 Å². The standard InChI is InChI=1S/C16H23N3/c1-11(14-9-12-4-5-13(14)8-12)18-15-10-17-7-6-16(15)19(2)3/h4-7,10-14,18H,8-9H2,1-3H3. The van der Waals surface area contributed by atoms with Gasteiger partial charge in [-0.1, -0.05) is 12.2 Å². The van der Waals surface area contributed by atoms with Crippen LogP contribution in [0.2, 0.25) is 0 Å². The minimum Gasteiger partial charge on any atom is -0.379 e. The van der Waals surface area contributed by atoms with Crippen molar-refractivity contribution in [2.45, 2.75) is 25.8 Å². The number of nitrogens with zero attached hydrogens (tertiary/aromatic N) is 2. The van der Waals surface area contributed by atoms with Crippen molar-refractivity contribution in [1.82, 2.24) is 4.98 Å². The molecule has 3 rings (SSSR count). The normalized spacial score (nSPS) is 29.5. The molecule has 1 saturated carbocycles. The van der Waals surface area contributed by atoms with Crippen LogP contribution in [-0.2, 0) is 0 Å². The van der Waals surface area contributed by atoms with Gasteiger partial charge in [-0.05, 0) is 43.6 Å². The molecule has 0 amide bonds. The third kappa shape index (κ3) is 2.34. The van der Waals surface area contributed by atoms with Crippen molar-refractivity contribution in [3.05, 3.63) is 30.6 Å². The Hall–Kier alpha value is -1.51. The molecule has 4 unspecified atom stereocenters. The van der Waals surface area contributed by atoms with Gasteiger partial charge in [0.05, 0.1) is 17.6 Å². The van der Waals surface area contributed by atoms with Crippen LogP contribution < -0.4 is 10.2 Å². The van der Waals surface area contributed by atoms with Crippen LogP contribution in [0.5, 0.6) is 0 Å². The van der Waals surface area contributed by atoms with Crippen molar-refractivity contribution >= 4 is 11.4 Å². The summed E-state index contributed by atoms with van der Waals surface area (Å²) < 4.78 is 0. The maximum Gasteiger partial charge on any atom is 0.0766 e. The number of pyridine rings is 1. The second-order valence-corrected chi connectivity index (χ2v) is 6.16. The zero-order chi connectivity index (χ0) is 13.4. The van der Waals surface area contributed by atoms with E-state index >= 15 is 0 Å². The highest BCUT2D eigenvalue weighted by Crippen LogP contribution is 2.45. The van der Waals surface area contributed by atoms with E-state index in [-0.39, 0.29) is 0 Å². The van der Waals surface area contributed by atoms with Gasteiger partial charge in [0.2, 0.25) is 0 Å². The molecule has 0 aliphatic heterocycles. The second kappa shape index (κ2) is 4.87. The average molecular weight is 257 g/mol. The van der Waals surface area contributed by atoms with Gasteiger partial charge >= 0.3 is 0 Å². The molecule has 3 heteroatoms. The maximum absolute atomic E-state index is 4.25. The van der Waals surface area contributed by atoms with Crippen LogP contribution >= 0.6 is 0 Å². The van der Waals surface area contributed by atoms with Gasteiger partial charge in [0.15, 0.2) is 0 Å². The Bertz CT molecular complexity index is 481. The molecule has 1 N–H and O–H groups in total. The van der Waals surface area contributed by atoms with Crippen LogP contribution in [0.4, 0.5) is 11.4 Å². The predicted molar refractivity (Wildman–Crippen MR) is 80.5 cm³/mol. The monoisotopic (exact) mass is 257 g/mol. The number of nitrogens with one attached hydrogen (secondary N) is 1. The minimum atomic E-state index is 0.503. The lowest BCUT2D eigenvalue weighted by Gasteiger charge is -2.28. The van der Waals surface area contributed by atoms with Crippen LogP contribution in [0, 0.1) is 17.8 Å². The highest BCUT2D eigenvalue weighted by Gasteiger charge is 2.38. The van der Waals surface area contributed by atoms with E-state index in [4.69, 9.17) is 0 Å². The molecule has 19 heavy (non-hydrogen) atoms. The van der Waals surface area contributed by atoms with Crippen LogP contribution in [0.25, 0.3) is 0 Å². The van der Waals surface area contributed by atoms with Crippen molar-refractivity contribution in [2.75, 3.05) is 24.3 Å². The molecule has 102 valence electrons. The fraction of sp³-hybridized carbons (Fsp3) is 0.562. The Morgan fingerprint density at radius 1 is 1.32 bits per heavy atom.